The molecule has 0 aliphatic rings. The van der Waals surface area contributed by atoms with Gasteiger partial charge in [0.25, 0.3) is 5.91 Å². The van der Waals surface area contributed by atoms with Gasteiger partial charge in [-0.1, -0.05) is 6.07 Å². The maximum atomic E-state index is 13.4. The first-order valence-electron chi connectivity index (χ1n) is 6.82. The summed E-state index contributed by atoms with van der Waals surface area (Å²) in [6.45, 7) is -3.76. The van der Waals surface area contributed by atoms with Crippen LogP contribution in [0.1, 0.15) is 10.4 Å². The summed E-state index contributed by atoms with van der Waals surface area (Å²) in [5.74, 6) is -4.44. The quantitative estimate of drug-likeness (QED) is 0.636. The van der Waals surface area contributed by atoms with E-state index in [4.69, 9.17) is 0 Å². The van der Waals surface area contributed by atoms with E-state index in [1.165, 1.54) is 24.3 Å². The third kappa shape index (κ3) is 5.20. The van der Waals surface area contributed by atoms with Gasteiger partial charge in [0.1, 0.15) is 22.9 Å². The molecule has 25 heavy (non-hydrogen) atoms. The highest BCUT2D eigenvalue weighted by Gasteiger charge is 2.19. The first-order chi connectivity index (χ1) is 11.9. The Bertz CT molecular complexity index is 745. The number of ether oxygens (including phenoxy) is 2. The predicted molar refractivity (Wildman–Crippen MR) is 78.3 cm³/mol. The Kier molecular flexibility index (Phi) is 5.93. The van der Waals surface area contributed by atoms with Crippen LogP contribution >= 0.6 is 0 Å². The summed E-state index contributed by atoms with van der Waals surface area (Å²) in [5.41, 5.74) is -0.677. The van der Waals surface area contributed by atoms with Gasteiger partial charge >= 0.3 is 12.6 Å². The van der Waals surface area contributed by atoms with Crippen LogP contribution in [-0.2, 0) is 9.53 Å². The second-order valence-corrected chi connectivity index (χ2v) is 4.62. The van der Waals surface area contributed by atoms with Crippen molar-refractivity contribution in [1.82, 2.24) is 0 Å². The smallest absolute Gasteiger partial charge is 0.387 e. The fourth-order valence-electron chi connectivity index (χ4n) is 1.81. The van der Waals surface area contributed by atoms with Crippen molar-refractivity contribution >= 4 is 17.6 Å². The summed E-state index contributed by atoms with van der Waals surface area (Å²) in [7, 11) is 0. The van der Waals surface area contributed by atoms with Gasteiger partial charge < -0.3 is 14.8 Å². The van der Waals surface area contributed by atoms with E-state index in [0.29, 0.717) is 0 Å². The number of amides is 1. The van der Waals surface area contributed by atoms with Crippen molar-refractivity contribution < 1.29 is 36.6 Å². The monoisotopic (exact) mass is 357 g/mol. The molecule has 0 unspecified atom stereocenters. The van der Waals surface area contributed by atoms with Gasteiger partial charge in [-0.15, -0.1) is 0 Å². The van der Waals surface area contributed by atoms with Gasteiger partial charge in [0.15, 0.2) is 6.61 Å². The summed E-state index contributed by atoms with van der Waals surface area (Å²) in [4.78, 5) is 23.3. The Morgan fingerprint density at radius 1 is 1.00 bits per heavy atom. The zero-order valence-electron chi connectivity index (χ0n) is 12.5. The topological polar surface area (TPSA) is 64.6 Å². The first kappa shape index (κ1) is 18.2. The van der Waals surface area contributed by atoms with Crippen molar-refractivity contribution in [2.75, 3.05) is 11.9 Å². The molecule has 9 heteroatoms. The highest BCUT2D eigenvalue weighted by Crippen LogP contribution is 2.18. The third-order valence-electron chi connectivity index (χ3n) is 2.86. The van der Waals surface area contributed by atoms with Crippen LogP contribution in [0.4, 0.5) is 23.2 Å². The number of nitrogens with one attached hydrogen (secondary N) is 1. The van der Waals surface area contributed by atoms with Crippen LogP contribution in [0.2, 0.25) is 0 Å². The Labute approximate surface area is 139 Å². The van der Waals surface area contributed by atoms with Crippen molar-refractivity contribution in [1.29, 1.82) is 0 Å². The number of rotatable bonds is 6. The summed E-state index contributed by atoms with van der Waals surface area (Å²) in [6, 6.07) is 7.80. The molecule has 0 saturated carbocycles. The standard InChI is InChI=1S/C16H11F4NO4/c17-11-2-1-3-12(18)14(11)15(23)24-8-13(22)21-9-4-6-10(7-5-9)25-16(19)20/h1-7,16H,8H2,(H,21,22). The minimum atomic E-state index is -2.97. The number of anilines is 1. The minimum absolute atomic E-state index is 0.102. The highest BCUT2D eigenvalue weighted by molar-refractivity contribution is 5.95. The number of carbonyl (C=O) groups excluding carboxylic acids is 2. The van der Waals surface area contributed by atoms with Gasteiger partial charge in [-0.25, -0.2) is 13.6 Å². The third-order valence-corrected chi connectivity index (χ3v) is 2.86. The van der Waals surface area contributed by atoms with Gasteiger partial charge in [-0.05, 0) is 36.4 Å². The first-order valence-corrected chi connectivity index (χ1v) is 6.82. The molecule has 1 amide bonds. The molecule has 1 N–H and O–H groups in total. The van der Waals surface area contributed by atoms with Crippen molar-refractivity contribution in [3.63, 3.8) is 0 Å². The zero-order valence-corrected chi connectivity index (χ0v) is 12.5. The van der Waals surface area contributed by atoms with E-state index < -0.39 is 42.3 Å². The average molecular weight is 357 g/mol. The van der Waals surface area contributed by atoms with Gasteiger partial charge in [0, 0.05) is 5.69 Å². The van der Waals surface area contributed by atoms with E-state index in [1.807, 2.05) is 0 Å². The Morgan fingerprint density at radius 2 is 1.60 bits per heavy atom. The lowest BCUT2D eigenvalue weighted by Crippen LogP contribution is -2.21. The zero-order chi connectivity index (χ0) is 18.4. The molecule has 0 aromatic heterocycles. The second-order valence-electron chi connectivity index (χ2n) is 4.62. The van der Waals surface area contributed by atoms with Gasteiger partial charge in [0.05, 0.1) is 0 Å². The molecule has 0 atom stereocenters. The molecule has 0 aliphatic carbocycles. The molecule has 0 bridgehead atoms. The largest absolute Gasteiger partial charge is 0.452 e. The molecule has 0 saturated heterocycles. The molecule has 2 aromatic carbocycles. The molecule has 0 fully saturated rings. The molecule has 0 aliphatic heterocycles. The van der Waals surface area contributed by atoms with E-state index in [0.717, 1.165) is 18.2 Å². The lowest BCUT2D eigenvalue weighted by atomic mass is 10.2. The van der Waals surface area contributed by atoms with Crippen molar-refractivity contribution in [3.05, 3.63) is 59.7 Å². The van der Waals surface area contributed by atoms with Crippen LogP contribution in [0.25, 0.3) is 0 Å². The summed E-state index contributed by atoms with van der Waals surface area (Å²) >= 11 is 0. The van der Waals surface area contributed by atoms with Gasteiger partial charge in [-0.3, -0.25) is 4.79 Å². The van der Waals surface area contributed by atoms with E-state index >= 15 is 0 Å². The van der Waals surface area contributed by atoms with Crippen molar-refractivity contribution in [2.24, 2.45) is 0 Å². The maximum Gasteiger partial charge on any atom is 0.387 e. The van der Waals surface area contributed by atoms with Crippen LogP contribution in [0.3, 0.4) is 0 Å². The number of esters is 1. The number of halogens is 4. The summed E-state index contributed by atoms with van der Waals surface area (Å²) < 4.78 is 59.5. The predicted octanol–water partition coefficient (Wildman–Crippen LogP) is 3.36. The van der Waals surface area contributed by atoms with Crippen LogP contribution in [0, 0.1) is 11.6 Å². The minimum Gasteiger partial charge on any atom is -0.452 e. The summed E-state index contributed by atoms with van der Waals surface area (Å²) in [5, 5.41) is 2.31. The molecule has 0 heterocycles. The highest BCUT2D eigenvalue weighted by atomic mass is 19.3. The number of carbonyl (C=O) groups is 2. The molecule has 2 rings (SSSR count). The van der Waals surface area contributed by atoms with Gasteiger partial charge in [0.2, 0.25) is 0 Å². The van der Waals surface area contributed by atoms with E-state index in [9.17, 15) is 27.2 Å². The van der Waals surface area contributed by atoms with Crippen LogP contribution in [0.5, 0.6) is 5.75 Å². The molecular weight excluding hydrogens is 346 g/mol. The molecule has 0 spiro atoms. The number of hydrogen-bond acceptors (Lipinski definition) is 4. The lowest BCUT2D eigenvalue weighted by molar-refractivity contribution is -0.119. The molecule has 5 nitrogen and oxygen atoms in total. The fourth-order valence-corrected chi connectivity index (χ4v) is 1.81. The summed E-state index contributed by atoms with van der Waals surface area (Å²) in [6.07, 6.45) is 0. The molecule has 2 aromatic rings. The van der Waals surface area contributed by atoms with Gasteiger partial charge in [-0.2, -0.15) is 8.78 Å². The lowest BCUT2D eigenvalue weighted by Gasteiger charge is -2.09. The van der Waals surface area contributed by atoms with E-state index in [2.05, 4.69) is 14.8 Å². The Balaban J connectivity index is 1.89. The van der Waals surface area contributed by atoms with Crippen LogP contribution in [-0.4, -0.2) is 25.1 Å². The number of benzene rings is 2. The maximum absolute atomic E-state index is 13.4. The van der Waals surface area contributed by atoms with Crippen LogP contribution < -0.4 is 10.1 Å². The Morgan fingerprint density at radius 3 is 2.16 bits per heavy atom. The SMILES string of the molecule is O=C(COC(=O)c1c(F)cccc1F)Nc1ccc(OC(F)F)cc1. The molecular formula is C16H11F4NO4. The van der Waals surface area contributed by atoms with Crippen molar-refractivity contribution in [3.8, 4) is 5.75 Å². The Hall–Kier alpha value is -3.10. The number of hydrogen-bond donors (Lipinski definition) is 1. The fraction of sp³-hybridized carbons (Fsp3) is 0.125. The normalized spacial score (nSPS) is 10.4. The molecule has 132 valence electrons. The van der Waals surface area contributed by atoms with E-state index in [1.54, 1.807) is 0 Å². The number of alkyl halides is 2. The van der Waals surface area contributed by atoms with E-state index in [-0.39, 0.29) is 11.4 Å². The van der Waals surface area contributed by atoms with Crippen LogP contribution in [0.15, 0.2) is 42.5 Å². The second kappa shape index (κ2) is 8.13. The van der Waals surface area contributed by atoms with Crippen molar-refractivity contribution in [2.45, 2.75) is 6.61 Å². The molecule has 0 radical (unpaired) electrons. The average Bonchev–Trinajstić information content (AvgIpc) is 2.54.